The number of methoxy groups -OCH3 is 2. The van der Waals surface area contributed by atoms with Gasteiger partial charge in [-0.15, -0.1) is 0 Å². The van der Waals surface area contributed by atoms with Crippen LogP contribution in [0, 0.1) is 12.7 Å². The van der Waals surface area contributed by atoms with E-state index in [-0.39, 0.29) is 12.5 Å². The van der Waals surface area contributed by atoms with Crippen LogP contribution in [0.25, 0.3) is 0 Å². The van der Waals surface area contributed by atoms with Gasteiger partial charge in [0.1, 0.15) is 22.6 Å². The molecule has 0 bridgehead atoms. The van der Waals surface area contributed by atoms with E-state index in [4.69, 9.17) is 14.6 Å². The largest absolute Gasteiger partial charge is 0.497 e. The summed E-state index contributed by atoms with van der Waals surface area (Å²) >= 11 is 1.21. The first kappa shape index (κ1) is 26.4. The number of hydrogen-bond acceptors (Lipinski definition) is 7. The zero-order valence-electron chi connectivity index (χ0n) is 21.7. The van der Waals surface area contributed by atoms with Gasteiger partial charge in [0.15, 0.2) is 5.17 Å². The molecule has 8 nitrogen and oxygen atoms in total. The Labute approximate surface area is 229 Å². The second-order valence-electron chi connectivity index (χ2n) is 9.17. The minimum Gasteiger partial charge on any atom is -0.497 e. The van der Waals surface area contributed by atoms with Crippen molar-refractivity contribution in [2.24, 2.45) is 10.1 Å². The molecule has 0 aliphatic carbocycles. The molecule has 10 heteroatoms. The number of aryl methyl sites for hydroxylation is 1. The molecular formula is C29H27FN4O4S. The van der Waals surface area contributed by atoms with Crippen LogP contribution in [0.1, 0.15) is 35.6 Å². The molecule has 5 rings (SSSR count). The lowest BCUT2D eigenvalue weighted by atomic mass is 9.98. The van der Waals surface area contributed by atoms with Crippen molar-refractivity contribution in [3.05, 3.63) is 89.2 Å². The Morgan fingerprint density at radius 3 is 2.36 bits per heavy atom. The van der Waals surface area contributed by atoms with Crippen LogP contribution in [0.3, 0.4) is 0 Å². The lowest BCUT2D eigenvalue weighted by molar-refractivity contribution is -0.121. The van der Waals surface area contributed by atoms with Crippen LogP contribution in [0.5, 0.6) is 11.5 Å². The quantitative estimate of drug-likeness (QED) is 0.431. The van der Waals surface area contributed by atoms with E-state index in [1.165, 1.54) is 17.8 Å². The Hall–Kier alpha value is -4.18. The van der Waals surface area contributed by atoms with Gasteiger partial charge in [-0.3, -0.25) is 9.59 Å². The highest BCUT2D eigenvalue weighted by atomic mass is 32.2. The van der Waals surface area contributed by atoms with E-state index in [9.17, 15) is 14.0 Å². The van der Waals surface area contributed by atoms with Crippen molar-refractivity contribution in [2.75, 3.05) is 19.5 Å². The fraction of sp³-hybridized carbons (Fsp3) is 0.241. The van der Waals surface area contributed by atoms with Crippen LogP contribution in [-0.2, 0) is 9.59 Å². The van der Waals surface area contributed by atoms with E-state index in [0.717, 1.165) is 28.3 Å². The van der Waals surface area contributed by atoms with Crippen LogP contribution < -0.4 is 14.8 Å². The van der Waals surface area contributed by atoms with Crippen molar-refractivity contribution in [1.29, 1.82) is 0 Å². The van der Waals surface area contributed by atoms with Gasteiger partial charge in [0.25, 0.3) is 5.91 Å². The minimum atomic E-state index is -0.702. The summed E-state index contributed by atoms with van der Waals surface area (Å²) in [6.07, 6.45) is 0.499. The number of carbonyl (C=O) groups is 2. The van der Waals surface area contributed by atoms with Gasteiger partial charge in [0.2, 0.25) is 5.91 Å². The summed E-state index contributed by atoms with van der Waals surface area (Å²) in [7, 11) is 3.23. The van der Waals surface area contributed by atoms with E-state index in [2.05, 4.69) is 10.3 Å². The lowest BCUT2D eigenvalue weighted by Gasteiger charge is -2.23. The first-order valence-electron chi connectivity index (χ1n) is 12.3. The molecule has 0 saturated heterocycles. The fourth-order valence-electron chi connectivity index (χ4n) is 4.39. The average Bonchev–Trinajstić information content (AvgIpc) is 3.54. The van der Waals surface area contributed by atoms with Gasteiger partial charge in [0.05, 0.1) is 26.0 Å². The number of benzene rings is 3. The Morgan fingerprint density at radius 2 is 1.72 bits per heavy atom. The Balaban J connectivity index is 1.35. The molecule has 39 heavy (non-hydrogen) atoms. The SMILES string of the molecule is COc1ccc(C2=NN(C3=NC(=O)[C@@H](CC(=O)Nc4ccc(C)c(F)c4)S3)[C@H](c3ccc(OC)cc3)C2)cc1. The Kier molecular flexibility index (Phi) is 7.65. The molecule has 1 N–H and O–H groups in total. The summed E-state index contributed by atoms with van der Waals surface area (Å²) in [5.41, 5.74) is 3.60. The average molecular weight is 547 g/mol. The van der Waals surface area contributed by atoms with Gasteiger partial charge >= 0.3 is 0 Å². The molecule has 2 amide bonds. The monoisotopic (exact) mass is 546 g/mol. The third-order valence-electron chi connectivity index (χ3n) is 6.59. The summed E-state index contributed by atoms with van der Waals surface area (Å²) < 4.78 is 24.5. The molecule has 0 fully saturated rings. The third kappa shape index (κ3) is 5.80. The van der Waals surface area contributed by atoms with Gasteiger partial charge in [-0.2, -0.15) is 10.1 Å². The van der Waals surface area contributed by atoms with Crippen LogP contribution in [0.4, 0.5) is 10.1 Å². The zero-order chi connectivity index (χ0) is 27.5. The van der Waals surface area contributed by atoms with E-state index < -0.39 is 22.9 Å². The molecule has 200 valence electrons. The lowest BCUT2D eigenvalue weighted by Crippen LogP contribution is -2.25. The molecule has 2 aliphatic rings. The van der Waals surface area contributed by atoms with Crippen molar-refractivity contribution in [3.63, 3.8) is 0 Å². The van der Waals surface area contributed by atoms with E-state index in [0.29, 0.717) is 22.8 Å². The molecule has 0 spiro atoms. The summed E-state index contributed by atoms with van der Waals surface area (Å²) in [6, 6.07) is 19.6. The topological polar surface area (TPSA) is 92.6 Å². The van der Waals surface area contributed by atoms with Gasteiger partial charge in [-0.25, -0.2) is 9.40 Å². The molecule has 0 radical (unpaired) electrons. The molecule has 3 aromatic rings. The van der Waals surface area contributed by atoms with Gasteiger partial charge in [-0.05, 0) is 72.1 Å². The summed E-state index contributed by atoms with van der Waals surface area (Å²) in [5, 5.41) is 9.02. The number of thioether (sulfide) groups is 1. The van der Waals surface area contributed by atoms with E-state index >= 15 is 0 Å². The fourth-order valence-corrected chi connectivity index (χ4v) is 5.45. The summed E-state index contributed by atoms with van der Waals surface area (Å²) in [4.78, 5) is 29.8. The first-order chi connectivity index (χ1) is 18.8. The van der Waals surface area contributed by atoms with Gasteiger partial charge < -0.3 is 14.8 Å². The number of carbonyl (C=O) groups excluding carboxylic acids is 2. The molecule has 2 atom stereocenters. The molecule has 3 aromatic carbocycles. The smallest absolute Gasteiger partial charge is 0.262 e. The second kappa shape index (κ2) is 11.3. The molecule has 0 saturated carbocycles. The van der Waals surface area contributed by atoms with Crippen molar-refractivity contribution in [2.45, 2.75) is 31.1 Å². The molecule has 0 aromatic heterocycles. The summed E-state index contributed by atoms with van der Waals surface area (Å²) in [6.45, 7) is 1.65. The second-order valence-corrected chi connectivity index (χ2v) is 10.3. The Morgan fingerprint density at radius 1 is 1.05 bits per heavy atom. The van der Waals surface area contributed by atoms with Crippen LogP contribution >= 0.6 is 11.8 Å². The number of aliphatic imine (C=N–C) groups is 1. The third-order valence-corrected chi connectivity index (χ3v) is 7.73. The number of amidine groups is 1. The maximum atomic E-state index is 13.9. The molecular weight excluding hydrogens is 519 g/mol. The van der Waals surface area contributed by atoms with Crippen LogP contribution in [0.15, 0.2) is 76.8 Å². The minimum absolute atomic E-state index is 0.0951. The van der Waals surface area contributed by atoms with Crippen molar-refractivity contribution < 1.29 is 23.5 Å². The summed E-state index contributed by atoms with van der Waals surface area (Å²) in [5.74, 6) is 0.283. The molecule has 2 aliphatic heterocycles. The predicted octanol–water partition coefficient (Wildman–Crippen LogP) is 5.33. The normalized spacial score (nSPS) is 18.6. The number of rotatable bonds is 7. The number of ether oxygens (including phenoxy) is 2. The zero-order valence-corrected chi connectivity index (χ0v) is 22.5. The van der Waals surface area contributed by atoms with Crippen LogP contribution in [-0.4, -0.2) is 47.2 Å². The maximum Gasteiger partial charge on any atom is 0.262 e. The number of nitrogens with zero attached hydrogens (tertiary/aromatic N) is 3. The highest BCUT2D eigenvalue weighted by Gasteiger charge is 2.39. The van der Waals surface area contributed by atoms with Gasteiger partial charge in [-0.1, -0.05) is 30.0 Å². The van der Waals surface area contributed by atoms with E-state index in [1.807, 2.05) is 48.5 Å². The molecule has 0 unspecified atom stereocenters. The van der Waals surface area contributed by atoms with Gasteiger partial charge in [0, 0.05) is 18.5 Å². The van der Waals surface area contributed by atoms with E-state index in [1.54, 1.807) is 38.3 Å². The first-order valence-corrected chi connectivity index (χ1v) is 13.2. The number of nitrogens with one attached hydrogen (secondary N) is 1. The van der Waals surface area contributed by atoms with Crippen molar-refractivity contribution in [1.82, 2.24) is 5.01 Å². The number of amides is 2. The van der Waals surface area contributed by atoms with Crippen molar-refractivity contribution in [3.8, 4) is 11.5 Å². The molecule has 2 heterocycles. The Bertz CT molecular complexity index is 1460. The predicted molar refractivity (Wildman–Crippen MR) is 150 cm³/mol. The van der Waals surface area contributed by atoms with Crippen molar-refractivity contribution >= 4 is 40.1 Å². The highest BCUT2D eigenvalue weighted by Crippen LogP contribution is 2.39. The number of hydrazone groups is 1. The number of hydrogen-bond donors (Lipinski definition) is 1. The number of anilines is 1. The number of halogens is 1. The van der Waals surface area contributed by atoms with Crippen LogP contribution in [0.2, 0.25) is 0 Å². The maximum absolute atomic E-state index is 13.9. The standard InChI is InChI=1S/C29H27FN4O4S/c1-17-4-9-20(14-23(17)30)31-27(35)16-26-28(36)32-29(39-26)34-25(19-7-12-22(38-3)13-8-19)15-24(33-34)18-5-10-21(37-2)11-6-18/h4-14,25-26H,15-16H2,1-3H3,(H,31,35)/t25-,26+/m0/s1. The highest BCUT2D eigenvalue weighted by molar-refractivity contribution is 8.15.